The van der Waals surface area contributed by atoms with Gasteiger partial charge in [-0.25, -0.2) is 13.4 Å². The summed E-state index contributed by atoms with van der Waals surface area (Å²) in [6.07, 6.45) is 7.56. The highest BCUT2D eigenvalue weighted by Crippen LogP contribution is 2.26. The molecule has 0 N–H and O–H groups in total. The van der Waals surface area contributed by atoms with Crippen LogP contribution in [-0.4, -0.2) is 30.4 Å². The van der Waals surface area contributed by atoms with Gasteiger partial charge >= 0.3 is 0 Å². The molecule has 0 spiro atoms. The van der Waals surface area contributed by atoms with Gasteiger partial charge in [0.15, 0.2) is 5.82 Å². The number of nitrogens with zero attached hydrogens (tertiary/aromatic N) is 4. The lowest BCUT2D eigenvalue weighted by atomic mass is 10.2. The number of rotatable bonds is 3. The van der Waals surface area contributed by atoms with E-state index in [1.807, 2.05) is 6.07 Å². The Balaban J connectivity index is 2.17. The van der Waals surface area contributed by atoms with Crippen LogP contribution >= 0.6 is 0 Å². The predicted molar refractivity (Wildman–Crippen MR) is 79.4 cm³/mol. The largest absolute Gasteiger partial charge is 0.265 e. The SMILES string of the molecule is CN(c1cnccn1)S(=O)(=O)c1cccc2cnccc12. The summed E-state index contributed by atoms with van der Waals surface area (Å²) in [5.41, 5.74) is 0. The second-order valence-electron chi connectivity index (χ2n) is 4.39. The molecule has 21 heavy (non-hydrogen) atoms. The molecule has 0 saturated carbocycles. The van der Waals surface area contributed by atoms with Gasteiger partial charge < -0.3 is 0 Å². The lowest BCUT2D eigenvalue weighted by Crippen LogP contribution is -2.27. The zero-order valence-corrected chi connectivity index (χ0v) is 12.0. The molecule has 0 bridgehead atoms. The van der Waals surface area contributed by atoms with Gasteiger partial charge in [0.2, 0.25) is 0 Å². The Bertz CT molecular complexity index is 876. The molecule has 1 aromatic carbocycles. The third kappa shape index (κ3) is 2.31. The van der Waals surface area contributed by atoms with E-state index in [1.165, 1.54) is 25.6 Å². The molecule has 0 aliphatic heterocycles. The number of hydrogen-bond acceptors (Lipinski definition) is 5. The van der Waals surface area contributed by atoms with Gasteiger partial charge in [0.05, 0.1) is 11.1 Å². The monoisotopic (exact) mass is 300 g/mol. The second-order valence-corrected chi connectivity index (χ2v) is 6.33. The van der Waals surface area contributed by atoms with Crippen LogP contribution < -0.4 is 4.31 Å². The first kappa shape index (κ1) is 13.4. The molecule has 2 heterocycles. The molecule has 3 aromatic rings. The van der Waals surface area contributed by atoms with Crippen molar-refractivity contribution >= 4 is 26.6 Å². The van der Waals surface area contributed by atoms with Gasteiger partial charge in [-0.05, 0) is 12.1 Å². The number of anilines is 1. The molecule has 0 amide bonds. The van der Waals surface area contributed by atoms with Crippen LogP contribution in [0.2, 0.25) is 0 Å². The van der Waals surface area contributed by atoms with Crippen molar-refractivity contribution < 1.29 is 8.42 Å². The quantitative estimate of drug-likeness (QED) is 0.738. The van der Waals surface area contributed by atoms with Gasteiger partial charge in [-0.3, -0.25) is 14.3 Å². The maximum Gasteiger partial charge on any atom is 0.265 e. The summed E-state index contributed by atoms with van der Waals surface area (Å²) < 4.78 is 26.7. The van der Waals surface area contributed by atoms with E-state index < -0.39 is 10.0 Å². The lowest BCUT2D eigenvalue weighted by molar-refractivity contribution is 0.594. The normalized spacial score (nSPS) is 11.5. The van der Waals surface area contributed by atoms with E-state index >= 15 is 0 Å². The molecule has 0 unspecified atom stereocenters. The molecule has 3 rings (SSSR count). The fraction of sp³-hybridized carbons (Fsp3) is 0.0714. The van der Waals surface area contributed by atoms with E-state index in [9.17, 15) is 8.42 Å². The van der Waals surface area contributed by atoms with Gasteiger partial charge in [0.1, 0.15) is 0 Å². The van der Waals surface area contributed by atoms with Crippen LogP contribution in [0.15, 0.2) is 60.1 Å². The topological polar surface area (TPSA) is 76.1 Å². The predicted octanol–water partition coefficient (Wildman–Crippen LogP) is 1.85. The minimum absolute atomic E-state index is 0.218. The minimum atomic E-state index is -3.72. The molecular formula is C14H12N4O2S. The van der Waals surface area contributed by atoms with Crippen molar-refractivity contribution in [1.82, 2.24) is 15.0 Å². The first-order chi connectivity index (χ1) is 10.1. The molecule has 2 aromatic heterocycles. The van der Waals surface area contributed by atoms with Crippen molar-refractivity contribution in [3.63, 3.8) is 0 Å². The Morgan fingerprint density at radius 1 is 1.00 bits per heavy atom. The van der Waals surface area contributed by atoms with Crippen molar-refractivity contribution in [1.29, 1.82) is 0 Å². The zero-order chi connectivity index (χ0) is 14.9. The average Bonchev–Trinajstić information content (AvgIpc) is 2.54. The van der Waals surface area contributed by atoms with Crippen molar-refractivity contribution in [2.75, 3.05) is 11.4 Å². The highest BCUT2D eigenvalue weighted by molar-refractivity contribution is 7.93. The molecule has 0 radical (unpaired) electrons. The molecule has 0 atom stereocenters. The van der Waals surface area contributed by atoms with Crippen LogP contribution in [0, 0.1) is 0 Å². The number of fused-ring (bicyclic) bond motifs is 1. The van der Waals surface area contributed by atoms with Crippen LogP contribution in [0.3, 0.4) is 0 Å². The molecule has 0 aliphatic carbocycles. The number of pyridine rings is 1. The van der Waals surface area contributed by atoms with Crippen LogP contribution in [0.4, 0.5) is 5.82 Å². The van der Waals surface area contributed by atoms with Crippen LogP contribution in [-0.2, 0) is 10.0 Å². The second kappa shape index (κ2) is 5.10. The first-order valence-corrected chi connectivity index (χ1v) is 7.62. The third-order valence-electron chi connectivity index (χ3n) is 3.15. The van der Waals surface area contributed by atoms with Gasteiger partial charge in [0.25, 0.3) is 10.0 Å². The summed E-state index contributed by atoms with van der Waals surface area (Å²) >= 11 is 0. The van der Waals surface area contributed by atoms with Crippen molar-refractivity contribution in [3.05, 3.63) is 55.2 Å². The van der Waals surface area contributed by atoms with E-state index in [4.69, 9.17) is 0 Å². The lowest BCUT2D eigenvalue weighted by Gasteiger charge is -2.18. The summed E-state index contributed by atoms with van der Waals surface area (Å²) in [5.74, 6) is 0.267. The van der Waals surface area contributed by atoms with E-state index in [0.717, 1.165) is 9.69 Å². The number of aromatic nitrogens is 3. The summed E-state index contributed by atoms with van der Waals surface area (Å²) in [5, 5.41) is 1.40. The van der Waals surface area contributed by atoms with Crippen molar-refractivity contribution in [2.24, 2.45) is 0 Å². The summed E-state index contributed by atoms with van der Waals surface area (Å²) in [7, 11) is -2.26. The minimum Gasteiger partial charge on any atom is -0.264 e. The summed E-state index contributed by atoms with van der Waals surface area (Å²) in [4.78, 5) is 12.1. The van der Waals surface area contributed by atoms with Gasteiger partial charge in [-0.2, -0.15) is 0 Å². The molecule has 0 saturated heterocycles. The maximum atomic E-state index is 12.8. The van der Waals surface area contributed by atoms with Crippen LogP contribution in [0.1, 0.15) is 0 Å². The van der Waals surface area contributed by atoms with Crippen molar-refractivity contribution in [3.8, 4) is 0 Å². The van der Waals surface area contributed by atoms with E-state index in [1.54, 1.807) is 30.6 Å². The fourth-order valence-corrected chi connectivity index (χ4v) is 3.39. The van der Waals surface area contributed by atoms with Gasteiger partial charge in [0, 0.05) is 42.6 Å². The number of hydrogen-bond donors (Lipinski definition) is 0. The summed E-state index contributed by atoms with van der Waals surface area (Å²) in [6.45, 7) is 0. The highest BCUT2D eigenvalue weighted by Gasteiger charge is 2.24. The Morgan fingerprint density at radius 3 is 2.57 bits per heavy atom. The van der Waals surface area contributed by atoms with Crippen LogP contribution in [0.25, 0.3) is 10.8 Å². The van der Waals surface area contributed by atoms with E-state index in [2.05, 4.69) is 15.0 Å². The number of benzene rings is 1. The first-order valence-electron chi connectivity index (χ1n) is 6.18. The van der Waals surface area contributed by atoms with Crippen LogP contribution in [0.5, 0.6) is 0 Å². The average molecular weight is 300 g/mol. The van der Waals surface area contributed by atoms with Crippen molar-refractivity contribution in [2.45, 2.75) is 4.90 Å². The van der Waals surface area contributed by atoms with E-state index in [0.29, 0.717) is 5.39 Å². The Kier molecular flexibility index (Phi) is 3.26. The molecule has 6 nitrogen and oxygen atoms in total. The third-order valence-corrected chi connectivity index (χ3v) is 4.97. The van der Waals surface area contributed by atoms with E-state index in [-0.39, 0.29) is 10.7 Å². The molecule has 0 aliphatic rings. The van der Waals surface area contributed by atoms with Gasteiger partial charge in [-0.1, -0.05) is 12.1 Å². The molecule has 106 valence electrons. The zero-order valence-electron chi connectivity index (χ0n) is 11.2. The highest BCUT2D eigenvalue weighted by atomic mass is 32.2. The maximum absolute atomic E-state index is 12.8. The Morgan fingerprint density at radius 2 is 1.81 bits per heavy atom. The van der Waals surface area contributed by atoms with Gasteiger partial charge in [-0.15, -0.1) is 0 Å². The molecule has 7 heteroatoms. The standard InChI is InChI=1S/C14H12N4O2S/c1-18(14-10-16-7-8-17-14)21(19,20)13-4-2-3-11-9-15-6-5-12(11)13/h2-10H,1H3. The smallest absolute Gasteiger partial charge is 0.264 e. The molecular weight excluding hydrogens is 288 g/mol. The number of sulfonamides is 1. The summed E-state index contributed by atoms with van der Waals surface area (Å²) in [6, 6.07) is 6.78. The fourth-order valence-electron chi connectivity index (χ4n) is 2.04. The Hall–Kier alpha value is -2.54. The molecule has 0 fully saturated rings. The Labute approximate surface area is 122 Å².